The maximum Gasteiger partial charge on any atom is 0.407 e. The molecule has 1 aliphatic rings. The Kier molecular flexibility index (Phi) is 12.2. The molecular formula is C35H49N3O8. The molecular weight excluding hydrogens is 590 g/mol. The number of nitrogens with zero attached hydrogens (tertiary/aromatic N) is 1. The molecule has 1 aliphatic carbocycles. The van der Waals surface area contributed by atoms with Crippen LogP contribution in [0.2, 0.25) is 0 Å². The van der Waals surface area contributed by atoms with Gasteiger partial charge in [-0.1, -0.05) is 48.5 Å². The summed E-state index contributed by atoms with van der Waals surface area (Å²) in [7, 11) is 1.40. The van der Waals surface area contributed by atoms with Gasteiger partial charge in [-0.15, -0.1) is 0 Å². The van der Waals surface area contributed by atoms with Crippen LogP contribution in [0, 0.1) is 0 Å². The summed E-state index contributed by atoms with van der Waals surface area (Å²) in [6.45, 7) is 12.8. The number of ether oxygens (including phenoxy) is 3. The number of hydrogen-bond donors (Lipinski definition) is 3. The van der Waals surface area contributed by atoms with E-state index in [9.17, 15) is 24.3 Å². The van der Waals surface area contributed by atoms with Crippen molar-refractivity contribution < 1.29 is 38.5 Å². The Hall–Kier alpha value is -4.12. The van der Waals surface area contributed by atoms with Crippen LogP contribution in [0.25, 0.3) is 11.1 Å². The molecule has 11 nitrogen and oxygen atoms in total. The molecule has 0 spiro atoms. The number of likely N-dealkylation sites (N-methyl/N-ethyl adjacent to an activating group) is 1. The minimum atomic E-state index is -1.21. The van der Waals surface area contributed by atoms with Crippen molar-refractivity contribution in [1.29, 1.82) is 0 Å². The average molecular weight is 640 g/mol. The van der Waals surface area contributed by atoms with Gasteiger partial charge in [0.1, 0.15) is 24.3 Å². The lowest BCUT2D eigenvalue weighted by Crippen LogP contribution is -2.57. The van der Waals surface area contributed by atoms with Gasteiger partial charge in [0, 0.05) is 19.5 Å². The number of hydrogen-bond acceptors (Lipinski definition) is 7. The zero-order valence-corrected chi connectivity index (χ0v) is 28.2. The topological polar surface area (TPSA) is 144 Å². The summed E-state index contributed by atoms with van der Waals surface area (Å²) in [5.74, 6) is -1.97. The highest BCUT2D eigenvalue weighted by Gasteiger charge is 2.37. The molecule has 0 radical (unpaired) electrons. The SMILES string of the molecule is C[C@@H](OC(C)(C)C)[C@H](NC(=O)OCC1c2ccccc2-c2ccccc21)C(=O)N(C)[C@@H](CCCCNC(=O)OC(C)(C)C)C(=O)O. The third kappa shape index (κ3) is 10.2. The summed E-state index contributed by atoms with van der Waals surface area (Å²) in [6.07, 6.45) is -1.12. The van der Waals surface area contributed by atoms with E-state index < -0.39 is 53.5 Å². The zero-order valence-electron chi connectivity index (χ0n) is 28.2. The van der Waals surface area contributed by atoms with Crippen LogP contribution in [0.4, 0.5) is 9.59 Å². The van der Waals surface area contributed by atoms with E-state index in [1.54, 1.807) is 27.7 Å². The summed E-state index contributed by atoms with van der Waals surface area (Å²) in [6, 6.07) is 13.6. The lowest BCUT2D eigenvalue weighted by molar-refractivity contribution is -0.153. The van der Waals surface area contributed by atoms with Crippen molar-refractivity contribution in [2.24, 2.45) is 0 Å². The molecule has 2 aromatic rings. The van der Waals surface area contributed by atoms with Crippen LogP contribution in [-0.2, 0) is 23.8 Å². The predicted octanol–water partition coefficient (Wildman–Crippen LogP) is 5.70. The molecule has 3 N–H and O–H groups in total. The third-order valence-electron chi connectivity index (χ3n) is 7.56. The highest BCUT2D eigenvalue weighted by molar-refractivity contribution is 5.89. The van der Waals surface area contributed by atoms with Crippen LogP contribution in [0.3, 0.4) is 0 Å². The van der Waals surface area contributed by atoms with E-state index >= 15 is 0 Å². The van der Waals surface area contributed by atoms with Crippen LogP contribution >= 0.6 is 0 Å². The quantitative estimate of drug-likeness (QED) is 0.237. The molecule has 3 rings (SSSR count). The Bertz CT molecular complexity index is 1330. The Balaban J connectivity index is 1.66. The molecule has 0 saturated carbocycles. The van der Waals surface area contributed by atoms with E-state index in [2.05, 4.69) is 10.6 Å². The van der Waals surface area contributed by atoms with Gasteiger partial charge < -0.3 is 34.9 Å². The van der Waals surface area contributed by atoms with Crippen molar-refractivity contribution in [3.63, 3.8) is 0 Å². The first-order valence-corrected chi connectivity index (χ1v) is 15.7. The number of nitrogens with one attached hydrogen (secondary N) is 2. The van der Waals surface area contributed by atoms with Gasteiger partial charge in [0.05, 0.1) is 11.7 Å². The maximum atomic E-state index is 13.8. The Morgan fingerprint density at radius 2 is 1.43 bits per heavy atom. The number of alkyl carbamates (subject to hydrolysis) is 2. The Labute approximate surface area is 272 Å². The fraction of sp³-hybridized carbons (Fsp3) is 0.543. The molecule has 0 aliphatic heterocycles. The van der Waals surface area contributed by atoms with Crippen molar-refractivity contribution in [3.8, 4) is 11.1 Å². The maximum absolute atomic E-state index is 13.8. The molecule has 252 valence electrons. The number of carboxylic acid groups (broad SMARTS) is 1. The second-order valence-electron chi connectivity index (χ2n) is 13.6. The van der Waals surface area contributed by atoms with Gasteiger partial charge in [0.2, 0.25) is 5.91 Å². The number of rotatable bonds is 13. The van der Waals surface area contributed by atoms with Crippen LogP contribution in [0.5, 0.6) is 0 Å². The van der Waals surface area contributed by atoms with E-state index in [-0.39, 0.29) is 18.9 Å². The van der Waals surface area contributed by atoms with Crippen LogP contribution < -0.4 is 10.6 Å². The van der Waals surface area contributed by atoms with Gasteiger partial charge in [-0.05, 0) is 90.0 Å². The second-order valence-corrected chi connectivity index (χ2v) is 13.6. The number of carbonyl (C=O) groups excluding carboxylic acids is 3. The fourth-order valence-corrected chi connectivity index (χ4v) is 5.60. The van der Waals surface area contributed by atoms with E-state index in [0.717, 1.165) is 27.2 Å². The van der Waals surface area contributed by atoms with Gasteiger partial charge in [0.25, 0.3) is 0 Å². The average Bonchev–Trinajstić information content (AvgIpc) is 3.27. The van der Waals surface area contributed by atoms with Crippen molar-refractivity contribution >= 4 is 24.1 Å². The molecule has 46 heavy (non-hydrogen) atoms. The van der Waals surface area contributed by atoms with Crippen LogP contribution in [-0.4, -0.2) is 83.7 Å². The van der Waals surface area contributed by atoms with Gasteiger partial charge in [0.15, 0.2) is 0 Å². The van der Waals surface area contributed by atoms with Crippen molar-refractivity contribution in [2.45, 2.75) is 103 Å². The summed E-state index contributed by atoms with van der Waals surface area (Å²) in [5.41, 5.74) is 3.02. The number of carboxylic acids is 1. The summed E-state index contributed by atoms with van der Waals surface area (Å²) in [5, 5.41) is 15.3. The molecule has 0 unspecified atom stereocenters. The highest BCUT2D eigenvalue weighted by atomic mass is 16.6. The van der Waals surface area contributed by atoms with E-state index in [1.807, 2.05) is 69.3 Å². The zero-order chi connectivity index (χ0) is 34.2. The Morgan fingerprint density at radius 1 is 0.870 bits per heavy atom. The molecule has 0 saturated heterocycles. The lowest BCUT2D eigenvalue weighted by atomic mass is 9.98. The first kappa shape index (κ1) is 36.3. The molecule has 0 bridgehead atoms. The van der Waals surface area contributed by atoms with E-state index in [4.69, 9.17) is 14.2 Å². The summed E-state index contributed by atoms with van der Waals surface area (Å²) in [4.78, 5) is 52.2. The van der Waals surface area contributed by atoms with Crippen LogP contribution in [0.15, 0.2) is 48.5 Å². The lowest BCUT2D eigenvalue weighted by Gasteiger charge is -2.34. The first-order chi connectivity index (χ1) is 21.5. The summed E-state index contributed by atoms with van der Waals surface area (Å²) < 4.78 is 16.9. The third-order valence-corrected chi connectivity index (χ3v) is 7.56. The predicted molar refractivity (Wildman–Crippen MR) is 175 cm³/mol. The first-order valence-electron chi connectivity index (χ1n) is 15.7. The molecule has 11 heteroatoms. The molecule has 0 fully saturated rings. The van der Waals surface area contributed by atoms with Gasteiger partial charge >= 0.3 is 18.2 Å². The van der Waals surface area contributed by atoms with Crippen molar-refractivity contribution in [3.05, 3.63) is 59.7 Å². The standard InChI is InChI=1S/C35H49N3O8/c1-22(45-34(2,3)4)29(30(39)38(8)28(31(40)41)19-13-14-20-36-32(42)46-35(5,6)7)37-33(43)44-21-27-25-17-11-9-15-23(25)24-16-10-12-18-26(24)27/h9-12,15-18,22,27-29H,13-14,19-21H2,1-8H3,(H,36,42)(H,37,43)(H,40,41)/t22-,28+,29+/m1/s1. The number of amides is 3. The molecule has 0 aromatic heterocycles. The number of unbranched alkanes of at least 4 members (excludes halogenated alkanes) is 1. The van der Waals surface area contributed by atoms with Gasteiger partial charge in [-0.3, -0.25) is 4.79 Å². The molecule has 3 amide bonds. The van der Waals surface area contributed by atoms with Crippen LogP contribution in [0.1, 0.15) is 84.8 Å². The normalized spacial score (nSPS) is 14.7. The number of aliphatic carboxylic acids is 1. The number of fused-ring (bicyclic) bond motifs is 3. The minimum absolute atomic E-state index is 0.0558. The molecule has 0 heterocycles. The summed E-state index contributed by atoms with van der Waals surface area (Å²) >= 11 is 0. The van der Waals surface area contributed by atoms with Gasteiger partial charge in [-0.25, -0.2) is 14.4 Å². The fourth-order valence-electron chi connectivity index (χ4n) is 5.60. The van der Waals surface area contributed by atoms with Crippen molar-refractivity contribution in [1.82, 2.24) is 15.5 Å². The van der Waals surface area contributed by atoms with Crippen molar-refractivity contribution in [2.75, 3.05) is 20.2 Å². The van der Waals surface area contributed by atoms with Gasteiger partial charge in [-0.2, -0.15) is 0 Å². The largest absolute Gasteiger partial charge is 0.480 e. The number of benzene rings is 2. The smallest absolute Gasteiger partial charge is 0.407 e. The minimum Gasteiger partial charge on any atom is -0.480 e. The Morgan fingerprint density at radius 3 is 1.96 bits per heavy atom. The number of carbonyl (C=O) groups is 4. The molecule has 3 atom stereocenters. The highest BCUT2D eigenvalue weighted by Crippen LogP contribution is 2.44. The van der Waals surface area contributed by atoms with E-state index in [0.29, 0.717) is 19.4 Å². The monoisotopic (exact) mass is 639 g/mol. The molecule has 2 aromatic carbocycles. The van der Waals surface area contributed by atoms with E-state index in [1.165, 1.54) is 7.05 Å². The second kappa shape index (κ2) is 15.4.